The van der Waals surface area contributed by atoms with Crippen LogP contribution < -0.4 is 4.72 Å². The molecule has 0 aromatic carbocycles. The normalized spacial score (nSPS) is 9.69. The molecular formula is C8H10N2O2S. The molecule has 70 valence electrons. The third kappa shape index (κ3) is 2.35. The molecule has 0 spiro atoms. The quantitative estimate of drug-likeness (QED) is 0.725. The number of rotatable bonds is 3. The Morgan fingerprint density at radius 1 is 1.69 bits per heavy atom. The third-order valence-corrected chi connectivity index (χ3v) is 1.95. The second kappa shape index (κ2) is 4.13. The maximum absolute atomic E-state index is 10.7. The van der Waals surface area contributed by atoms with Crippen molar-refractivity contribution >= 4 is 23.7 Å². The van der Waals surface area contributed by atoms with E-state index in [1.807, 2.05) is 6.26 Å². The summed E-state index contributed by atoms with van der Waals surface area (Å²) in [4.78, 5) is 14.7. The van der Waals surface area contributed by atoms with Gasteiger partial charge >= 0.3 is 5.97 Å². The van der Waals surface area contributed by atoms with Gasteiger partial charge in [-0.1, -0.05) is 11.9 Å². The molecule has 4 nitrogen and oxygen atoms in total. The zero-order valence-corrected chi connectivity index (χ0v) is 8.18. The van der Waals surface area contributed by atoms with Crippen LogP contribution in [0, 0.1) is 6.92 Å². The van der Waals surface area contributed by atoms with E-state index in [4.69, 9.17) is 5.11 Å². The summed E-state index contributed by atoms with van der Waals surface area (Å²) in [6.07, 6.45) is 3.39. The van der Waals surface area contributed by atoms with E-state index in [0.717, 1.165) is 0 Å². The second-order valence-electron chi connectivity index (χ2n) is 2.50. The summed E-state index contributed by atoms with van der Waals surface area (Å²) in [7, 11) is 0. The minimum atomic E-state index is -0.927. The van der Waals surface area contributed by atoms with Gasteiger partial charge in [-0.25, -0.2) is 9.78 Å². The van der Waals surface area contributed by atoms with Crippen LogP contribution in [0.2, 0.25) is 0 Å². The predicted octanol–water partition coefficient (Wildman–Crippen LogP) is 1.78. The Labute approximate surface area is 80.5 Å². The highest BCUT2D eigenvalue weighted by Crippen LogP contribution is 2.13. The lowest BCUT2D eigenvalue weighted by molar-refractivity contribution is 0.0696. The van der Waals surface area contributed by atoms with Gasteiger partial charge in [0.25, 0.3) is 0 Å². The predicted molar refractivity (Wildman–Crippen MR) is 53.1 cm³/mol. The number of hydrogen-bond acceptors (Lipinski definition) is 4. The number of carbonyl (C=O) groups is 1. The van der Waals surface area contributed by atoms with Crippen LogP contribution in [0.4, 0.5) is 5.82 Å². The number of carboxylic acid groups (broad SMARTS) is 1. The first-order valence-corrected chi connectivity index (χ1v) is 4.86. The SMILES string of the molecule is CSNc1cc(C(=O)O)c(C)cn1. The Morgan fingerprint density at radius 2 is 2.38 bits per heavy atom. The number of pyridine rings is 1. The van der Waals surface area contributed by atoms with Crippen molar-refractivity contribution in [3.63, 3.8) is 0 Å². The van der Waals surface area contributed by atoms with Crippen LogP contribution >= 0.6 is 11.9 Å². The van der Waals surface area contributed by atoms with Crippen LogP contribution in [0.25, 0.3) is 0 Å². The minimum absolute atomic E-state index is 0.284. The number of aromatic carboxylic acids is 1. The maximum Gasteiger partial charge on any atom is 0.336 e. The van der Waals surface area contributed by atoms with Gasteiger partial charge in [0.15, 0.2) is 0 Å². The summed E-state index contributed by atoms with van der Waals surface area (Å²) in [5.74, 6) is -0.362. The fourth-order valence-electron chi connectivity index (χ4n) is 0.915. The number of aromatic nitrogens is 1. The van der Waals surface area contributed by atoms with E-state index in [2.05, 4.69) is 9.71 Å². The average Bonchev–Trinajstić information content (AvgIpc) is 2.08. The molecule has 0 aliphatic carbocycles. The molecular weight excluding hydrogens is 188 g/mol. The molecule has 0 aliphatic rings. The number of aryl methyl sites for hydroxylation is 1. The number of nitrogens with one attached hydrogen (secondary N) is 1. The van der Waals surface area contributed by atoms with E-state index >= 15 is 0 Å². The molecule has 0 aliphatic heterocycles. The van der Waals surface area contributed by atoms with E-state index in [1.165, 1.54) is 18.0 Å². The molecule has 1 aromatic heterocycles. The van der Waals surface area contributed by atoms with E-state index in [-0.39, 0.29) is 5.56 Å². The Bertz CT molecular complexity index is 328. The molecule has 0 atom stereocenters. The molecule has 0 amide bonds. The van der Waals surface area contributed by atoms with Gasteiger partial charge in [-0.2, -0.15) is 0 Å². The second-order valence-corrected chi connectivity index (χ2v) is 3.11. The molecule has 5 heteroatoms. The minimum Gasteiger partial charge on any atom is -0.478 e. The van der Waals surface area contributed by atoms with Gasteiger partial charge in [0, 0.05) is 12.5 Å². The molecule has 1 rings (SSSR count). The summed E-state index contributed by atoms with van der Waals surface area (Å²) < 4.78 is 2.87. The summed E-state index contributed by atoms with van der Waals surface area (Å²) in [6, 6.07) is 1.52. The lowest BCUT2D eigenvalue weighted by Gasteiger charge is -2.04. The van der Waals surface area contributed by atoms with Crippen molar-refractivity contribution in [2.24, 2.45) is 0 Å². The first-order valence-electron chi connectivity index (χ1n) is 3.64. The molecule has 0 radical (unpaired) electrons. The zero-order valence-electron chi connectivity index (χ0n) is 7.37. The van der Waals surface area contributed by atoms with Crippen LogP contribution in [0.15, 0.2) is 12.3 Å². The largest absolute Gasteiger partial charge is 0.478 e. The Balaban J connectivity index is 3.04. The molecule has 13 heavy (non-hydrogen) atoms. The first-order chi connectivity index (χ1) is 6.15. The number of carboxylic acids is 1. The highest BCUT2D eigenvalue weighted by molar-refractivity contribution is 7.99. The molecule has 0 saturated carbocycles. The summed E-state index contributed by atoms with van der Waals surface area (Å²) >= 11 is 1.38. The highest BCUT2D eigenvalue weighted by atomic mass is 32.2. The summed E-state index contributed by atoms with van der Waals surface area (Å²) in [5, 5.41) is 8.80. The Morgan fingerprint density at radius 3 is 2.92 bits per heavy atom. The van der Waals surface area contributed by atoms with Crippen LogP contribution in [0.3, 0.4) is 0 Å². The van der Waals surface area contributed by atoms with Crippen molar-refractivity contribution in [1.29, 1.82) is 0 Å². The van der Waals surface area contributed by atoms with E-state index in [9.17, 15) is 4.79 Å². The van der Waals surface area contributed by atoms with Crippen molar-refractivity contribution in [3.8, 4) is 0 Å². The van der Waals surface area contributed by atoms with Crippen molar-refractivity contribution in [2.75, 3.05) is 11.0 Å². The number of anilines is 1. The number of hydrogen-bond donors (Lipinski definition) is 2. The lowest BCUT2D eigenvalue weighted by atomic mass is 10.1. The smallest absolute Gasteiger partial charge is 0.336 e. The van der Waals surface area contributed by atoms with Crippen molar-refractivity contribution in [1.82, 2.24) is 4.98 Å². The van der Waals surface area contributed by atoms with E-state index in [0.29, 0.717) is 11.4 Å². The van der Waals surface area contributed by atoms with E-state index in [1.54, 1.807) is 13.1 Å². The molecule has 0 fully saturated rings. The van der Waals surface area contributed by atoms with E-state index < -0.39 is 5.97 Å². The standard InChI is InChI=1S/C8H10N2O2S/c1-5-4-9-7(10-13-2)3-6(5)8(11)12/h3-4H,1-2H3,(H,9,10)(H,11,12). The van der Waals surface area contributed by atoms with Crippen molar-refractivity contribution < 1.29 is 9.90 Å². The van der Waals surface area contributed by atoms with Crippen LogP contribution in [0.5, 0.6) is 0 Å². The molecule has 0 bridgehead atoms. The van der Waals surface area contributed by atoms with Gasteiger partial charge in [0.2, 0.25) is 0 Å². The summed E-state index contributed by atoms with van der Waals surface area (Å²) in [5.41, 5.74) is 0.950. The summed E-state index contributed by atoms with van der Waals surface area (Å²) in [6.45, 7) is 1.72. The van der Waals surface area contributed by atoms with Crippen molar-refractivity contribution in [3.05, 3.63) is 23.4 Å². The molecule has 2 N–H and O–H groups in total. The Kier molecular flexibility index (Phi) is 3.13. The molecule has 0 saturated heterocycles. The van der Waals surface area contributed by atoms with Gasteiger partial charge in [-0.3, -0.25) is 0 Å². The van der Waals surface area contributed by atoms with Crippen molar-refractivity contribution in [2.45, 2.75) is 6.92 Å². The van der Waals surface area contributed by atoms with Crippen LogP contribution in [-0.2, 0) is 0 Å². The van der Waals surface area contributed by atoms with Gasteiger partial charge in [-0.15, -0.1) is 0 Å². The monoisotopic (exact) mass is 198 g/mol. The first kappa shape index (κ1) is 9.85. The van der Waals surface area contributed by atoms with Crippen LogP contribution in [-0.4, -0.2) is 22.3 Å². The number of nitrogens with zero attached hydrogens (tertiary/aromatic N) is 1. The molecule has 1 heterocycles. The zero-order chi connectivity index (χ0) is 9.84. The van der Waals surface area contributed by atoms with Gasteiger partial charge < -0.3 is 9.83 Å². The van der Waals surface area contributed by atoms with Crippen LogP contribution in [0.1, 0.15) is 15.9 Å². The fraction of sp³-hybridized carbons (Fsp3) is 0.250. The topological polar surface area (TPSA) is 62.2 Å². The third-order valence-electron chi connectivity index (χ3n) is 1.54. The molecule has 1 aromatic rings. The Hall–Kier alpha value is -1.23. The lowest BCUT2D eigenvalue weighted by Crippen LogP contribution is -2.02. The average molecular weight is 198 g/mol. The van der Waals surface area contributed by atoms with Gasteiger partial charge in [0.1, 0.15) is 5.82 Å². The maximum atomic E-state index is 10.7. The van der Waals surface area contributed by atoms with Gasteiger partial charge in [-0.05, 0) is 18.6 Å². The fourth-order valence-corrected chi connectivity index (χ4v) is 1.24. The van der Waals surface area contributed by atoms with Gasteiger partial charge in [0.05, 0.1) is 5.56 Å². The molecule has 0 unspecified atom stereocenters. The highest BCUT2D eigenvalue weighted by Gasteiger charge is 2.07.